The van der Waals surface area contributed by atoms with Crippen LogP contribution in [0.1, 0.15) is 27.0 Å². The standard InChI is InChI=1S/C24H19ClN2O5S2/c25-21-5-6-23(33-21)34(31,32)13-18(28)9-14-1-3-17(4-2-14)27-22(29)12-16-11-20-15(7-8-26-20)10-19(16)24(27)30/h1-6,10-11,26H,7-9,12-13H2. The van der Waals surface area contributed by atoms with Gasteiger partial charge in [0.15, 0.2) is 15.6 Å². The SMILES string of the molecule is O=C(Cc1ccc(N2C(=O)Cc3cc4c(cc3C2=O)CCN4)cc1)CS(=O)(=O)c1ccc(Cl)s1. The Balaban J connectivity index is 1.31. The second kappa shape index (κ2) is 8.65. The molecular formula is C24H19ClN2O5S2. The molecule has 34 heavy (non-hydrogen) atoms. The molecule has 0 spiro atoms. The number of carbonyl (C=O) groups is 3. The van der Waals surface area contributed by atoms with Gasteiger partial charge in [-0.3, -0.25) is 14.4 Å². The number of imide groups is 1. The van der Waals surface area contributed by atoms with Crippen molar-refractivity contribution in [1.29, 1.82) is 0 Å². The van der Waals surface area contributed by atoms with Gasteiger partial charge in [-0.1, -0.05) is 23.7 Å². The average molecular weight is 515 g/mol. The van der Waals surface area contributed by atoms with Crippen molar-refractivity contribution in [2.75, 3.05) is 22.5 Å². The first-order valence-electron chi connectivity index (χ1n) is 10.6. The second-order valence-corrected chi connectivity index (χ2v) is 12.2. The molecule has 3 aromatic rings. The lowest BCUT2D eigenvalue weighted by Crippen LogP contribution is -2.42. The summed E-state index contributed by atoms with van der Waals surface area (Å²) in [5, 5.41) is 3.26. The maximum atomic E-state index is 13.1. The zero-order chi connectivity index (χ0) is 24.0. The fourth-order valence-corrected chi connectivity index (χ4v) is 7.08. The third-order valence-electron chi connectivity index (χ3n) is 5.87. The number of amides is 2. The van der Waals surface area contributed by atoms with Crippen molar-refractivity contribution in [3.05, 3.63) is 75.1 Å². The van der Waals surface area contributed by atoms with E-state index in [2.05, 4.69) is 5.32 Å². The molecule has 3 heterocycles. The number of rotatable bonds is 6. The molecule has 174 valence electrons. The van der Waals surface area contributed by atoms with Gasteiger partial charge in [0.05, 0.1) is 16.4 Å². The Bertz CT molecular complexity index is 1440. The van der Waals surface area contributed by atoms with Gasteiger partial charge in [-0.25, -0.2) is 13.3 Å². The van der Waals surface area contributed by atoms with Crippen molar-refractivity contribution in [3.63, 3.8) is 0 Å². The first-order valence-corrected chi connectivity index (χ1v) is 13.4. The number of fused-ring (bicyclic) bond motifs is 2. The molecule has 2 amide bonds. The number of carbonyl (C=O) groups excluding carboxylic acids is 3. The summed E-state index contributed by atoms with van der Waals surface area (Å²) < 4.78 is 25.2. The second-order valence-electron chi connectivity index (χ2n) is 8.25. The van der Waals surface area contributed by atoms with Gasteiger partial charge in [-0.15, -0.1) is 11.3 Å². The van der Waals surface area contributed by atoms with Crippen LogP contribution in [0.3, 0.4) is 0 Å². The summed E-state index contributed by atoms with van der Waals surface area (Å²) in [5.74, 6) is -1.77. The third-order valence-corrected chi connectivity index (χ3v) is 9.35. The van der Waals surface area contributed by atoms with Gasteiger partial charge in [-0.05, 0) is 59.5 Å². The molecule has 5 rings (SSSR count). The number of Topliss-reactive ketones (excluding diaryl/α,β-unsaturated/α-hetero) is 1. The molecule has 10 heteroatoms. The van der Waals surface area contributed by atoms with Gasteiger partial charge in [0.2, 0.25) is 5.91 Å². The molecule has 2 aromatic carbocycles. The van der Waals surface area contributed by atoms with Crippen LogP contribution in [0.5, 0.6) is 0 Å². The Labute approximate surface area is 205 Å². The zero-order valence-corrected chi connectivity index (χ0v) is 20.2. The Hall–Kier alpha value is -3.01. The molecule has 0 saturated carbocycles. The molecule has 7 nitrogen and oxygen atoms in total. The van der Waals surface area contributed by atoms with Gasteiger partial charge in [0.1, 0.15) is 9.96 Å². The molecule has 0 aliphatic carbocycles. The topological polar surface area (TPSA) is 101 Å². The lowest BCUT2D eigenvalue weighted by Gasteiger charge is -2.27. The fourth-order valence-electron chi connectivity index (χ4n) is 4.26. The monoisotopic (exact) mass is 514 g/mol. The molecule has 1 N–H and O–H groups in total. The zero-order valence-electron chi connectivity index (χ0n) is 17.8. The summed E-state index contributed by atoms with van der Waals surface area (Å²) in [6.45, 7) is 0.812. The Morgan fingerprint density at radius 2 is 1.82 bits per heavy atom. The normalized spacial score (nSPS) is 15.1. The molecule has 2 aliphatic heterocycles. The summed E-state index contributed by atoms with van der Waals surface area (Å²) >= 11 is 6.71. The van der Waals surface area contributed by atoms with Gasteiger partial charge in [0, 0.05) is 24.2 Å². The van der Waals surface area contributed by atoms with Crippen molar-refractivity contribution in [1.82, 2.24) is 0 Å². The number of halogens is 1. The lowest BCUT2D eigenvalue weighted by atomic mass is 9.94. The minimum atomic E-state index is -3.75. The highest BCUT2D eigenvalue weighted by molar-refractivity contribution is 7.94. The number of nitrogens with zero attached hydrogens (tertiary/aromatic N) is 1. The number of thiophene rings is 1. The molecule has 0 fully saturated rings. The smallest absolute Gasteiger partial charge is 0.265 e. The minimum absolute atomic E-state index is 0.0602. The highest BCUT2D eigenvalue weighted by Gasteiger charge is 2.33. The van der Waals surface area contributed by atoms with Crippen LogP contribution in [0.15, 0.2) is 52.7 Å². The van der Waals surface area contributed by atoms with Crippen molar-refractivity contribution in [3.8, 4) is 0 Å². The van der Waals surface area contributed by atoms with Crippen LogP contribution in [0, 0.1) is 0 Å². The summed E-state index contributed by atoms with van der Waals surface area (Å²) in [5.41, 5.74) is 4.29. The number of ketones is 1. The van der Waals surface area contributed by atoms with Crippen LogP contribution in [-0.4, -0.2) is 38.3 Å². The minimum Gasteiger partial charge on any atom is -0.384 e. The average Bonchev–Trinajstić information content (AvgIpc) is 3.42. The number of hydrogen-bond acceptors (Lipinski definition) is 7. The first-order chi connectivity index (χ1) is 16.2. The molecule has 0 unspecified atom stereocenters. The van der Waals surface area contributed by atoms with Gasteiger partial charge < -0.3 is 5.32 Å². The highest BCUT2D eigenvalue weighted by Crippen LogP contribution is 2.32. The lowest BCUT2D eigenvalue weighted by molar-refractivity contribution is -0.118. The van der Waals surface area contributed by atoms with Crippen molar-refractivity contribution in [2.45, 2.75) is 23.5 Å². The summed E-state index contributed by atoms with van der Waals surface area (Å²) in [4.78, 5) is 39.5. The van der Waals surface area contributed by atoms with Crippen LogP contribution in [0.4, 0.5) is 11.4 Å². The maximum Gasteiger partial charge on any atom is 0.265 e. The number of anilines is 2. The molecule has 0 radical (unpaired) electrons. The van der Waals surface area contributed by atoms with Crippen LogP contribution < -0.4 is 10.2 Å². The number of nitrogens with one attached hydrogen (secondary N) is 1. The van der Waals surface area contributed by atoms with E-state index in [-0.39, 0.29) is 28.9 Å². The summed E-state index contributed by atoms with van der Waals surface area (Å²) in [7, 11) is -3.75. The Morgan fingerprint density at radius 1 is 1.06 bits per heavy atom. The molecule has 1 aromatic heterocycles. The van der Waals surface area contributed by atoms with E-state index in [1.165, 1.54) is 12.1 Å². The van der Waals surface area contributed by atoms with E-state index in [1.54, 1.807) is 24.3 Å². The van der Waals surface area contributed by atoms with Crippen LogP contribution in [-0.2, 0) is 38.7 Å². The van der Waals surface area contributed by atoms with E-state index in [0.29, 0.717) is 21.2 Å². The van der Waals surface area contributed by atoms with E-state index in [0.717, 1.165) is 46.0 Å². The van der Waals surface area contributed by atoms with Crippen LogP contribution in [0.25, 0.3) is 0 Å². The van der Waals surface area contributed by atoms with E-state index in [1.807, 2.05) is 12.1 Å². The van der Waals surface area contributed by atoms with E-state index in [9.17, 15) is 22.8 Å². The van der Waals surface area contributed by atoms with E-state index < -0.39 is 21.4 Å². The Kier molecular flexibility index (Phi) is 5.79. The molecule has 0 bridgehead atoms. The molecule has 0 saturated heterocycles. The van der Waals surface area contributed by atoms with Gasteiger partial charge in [-0.2, -0.15) is 0 Å². The van der Waals surface area contributed by atoms with E-state index in [4.69, 9.17) is 11.6 Å². The quantitative estimate of drug-likeness (QED) is 0.504. The Morgan fingerprint density at radius 3 is 2.53 bits per heavy atom. The van der Waals surface area contributed by atoms with Crippen molar-refractivity contribution in [2.24, 2.45) is 0 Å². The summed E-state index contributed by atoms with van der Waals surface area (Å²) in [6, 6.07) is 13.1. The number of benzene rings is 2. The summed E-state index contributed by atoms with van der Waals surface area (Å²) in [6.07, 6.45) is 0.880. The molecule has 0 atom stereocenters. The number of hydrogen-bond donors (Lipinski definition) is 1. The van der Waals surface area contributed by atoms with Crippen LogP contribution >= 0.6 is 22.9 Å². The largest absolute Gasteiger partial charge is 0.384 e. The number of sulfone groups is 1. The van der Waals surface area contributed by atoms with E-state index >= 15 is 0 Å². The highest BCUT2D eigenvalue weighted by atomic mass is 35.5. The van der Waals surface area contributed by atoms with Crippen molar-refractivity contribution >= 4 is 61.7 Å². The molecular weight excluding hydrogens is 496 g/mol. The van der Waals surface area contributed by atoms with Gasteiger partial charge >= 0.3 is 0 Å². The predicted octanol–water partition coefficient (Wildman–Crippen LogP) is 3.68. The predicted molar refractivity (Wildman–Crippen MR) is 131 cm³/mol. The van der Waals surface area contributed by atoms with Gasteiger partial charge in [0.25, 0.3) is 5.91 Å². The first kappa shape index (κ1) is 22.8. The van der Waals surface area contributed by atoms with Crippen molar-refractivity contribution < 1.29 is 22.8 Å². The molecule has 2 aliphatic rings. The fraction of sp³-hybridized carbons (Fsp3) is 0.208. The van der Waals surface area contributed by atoms with Crippen LogP contribution in [0.2, 0.25) is 4.34 Å². The third kappa shape index (κ3) is 4.26. The maximum absolute atomic E-state index is 13.1.